The Morgan fingerprint density at radius 2 is 1.07 bits per heavy atom. The highest BCUT2D eigenvalue weighted by Gasteiger charge is 2.67. The van der Waals surface area contributed by atoms with Gasteiger partial charge in [0.25, 0.3) is 0 Å². The first-order valence-corrected chi connectivity index (χ1v) is 7.41. The third-order valence-electron chi connectivity index (χ3n) is 3.25. The molecule has 0 spiro atoms. The fourth-order valence-corrected chi connectivity index (χ4v) is 1.71. The third-order valence-corrected chi connectivity index (χ3v) is 3.25. The molecule has 154 valence electrons. The van der Waals surface area contributed by atoms with Crippen molar-refractivity contribution in [2.24, 2.45) is 5.41 Å². The molecule has 0 rings (SSSR count). The fraction of sp³-hybridized carbons (Fsp3) is 0.294. The number of esters is 4. The van der Waals surface area contributed by atoms with Gasteiger partial charge < -0.3 is 34.3 Å². The summed E-state index contributed by atoms with van der Waals surface area (Å²) < 4.78 is 18.9. The summed E-state index contributed by atoms with van der Waals surface area (Å²) in [6, 6.07) is 0. The van der Waals surface area contributed by atoms with E-state index in [1.54, 1.807) is 0 Å². The predicted octanol–water partition coefficient (Wildman–Crippen LogP) is -1.15. The van der Waals surface area contributed by atoms with Crippen molar-refractivity contribution < 1.29 is 53.4 Å². The van der Waals surface area contributed by atoms with Gasteiger partial charge in [0.1, 0.15) is 0 Å². The molecule has 28 heavy (non-hydrogen) atoms. The smallest absolute Gasteiger partial charge is 0.431 e. The van der Waals surface area contributed by atoms with Gasteiger partial charge in [-0.15, -0.1) is 0 Å². The number of hydrogen-bond donors (Lipinski definition) is 3. The molecule has 0 heterocycles. The Morgan fingerprint density at radius 3 is 1.32 bits per heavy atom. The van der Waals surface area contributed by atoms with Crippen LogP contribution >= 0.6 is 0 Å². The largest absolute Gasteiger partial charge is 0.441 e. The lowest BCUT2D eigenvalue weighted by Crippen LogP contribution is -2.66. The number of carbonyl (C=O) groups excluding carboxylic acids is 4. The monoisotopic (exact) mass is 400 g/mol. The van der Waals surface area contributed by atoms with E-state index >= 15 is 0 Å². The quantitative estimate of drug-likeness (QED) is 0.206. The lowest BCUT2D eigenvalue weighted by atomic mass is 9.85. The average molecular weight is 400 g/mol. The molecular weight excluding hydrogens is 380 g/mol. The van der Waals surface area contributed by atoms with Crippen LogP contribution in [0.3, 0.4) is 0 Å². The van der Waals surface area contributed by atoms with Gasteiger partial charge in [-0.1, -0.05) is 26.3 Å². The molecule has 0 amide bonds. The summed E-state index contributed by atoms with van der Waals surface area (Å²) in [4.78, 5) is 46.8. The van der Waals surface area contributed by atoms with Gasteiger partial charge in [-0.2, -0.15) is 0 Å². The van der Waals surface area contributed by atoms with E-state index in [2.05, 4.69) is 31.1 Å². The van der Waals surface area contributed by atoms with Crippen LogP contribution in [0.4, 0.5) is 0 Å². The standard InChI is InChI=1S/C17H20O11/c1-5-11(20)25-15(24)16(9-18,10-19)17(26-12(21)6-2,27-13(22)7-3)28-14(23)8-4/h5-8,15,18-19,24H,1-4,9-10H2. The number of aliphatic hydroxyl groups excluding tert-OH is 3. The summed E-state index contributed by atoms with van der Waals surface area (Å²) in [5.41, 5.74) is -2.82. The van der Waals surface area contributed by atoms with Crippen molar-refractivity contribution in [1.82, 2.24) is 0 Å². The lowest BCUT2D eigenvalue weighted by Gasteiger charge is -2.44. The van der Waals surface area contributed by atoms with Crippen LogP contribution < -0.4 is 0 Å². The number of ether oxygens (including phenoxy) is 4. The van der Waals surface area contributed by atoms with E-state index in [-0.39, 0.29) is 0 Å². The molecule has 0 bridgehead atoms. The molecule has 0 saturated heterocycles. The summed E-state index contributed by atoms with van der Waals surface area (Å²) in [6.45, 7) is 9.60. The molecule has 0 saturated carbocycles. The van der Waals surface area contributed by atoms with Gasteiger partial charge in [0.05, 0.1) is 13.2 Å². The molecule has 0 fully saturated rings. The molecule has 0 aliphatic rings. The Morgan fingerprint density at radius 1 is 0.750 bits per heavy atom. The third kappa shape index (κ3) is 5.36. The minimum Gasteiger partial charge on any atom is -0.431 e. The Bertz CT molecular complexity index is 605. The summed E-state index contributed by atoms with van der Waals surface area (Å²) in [5.74, 6) is -8.70. The number of aliphatic hydroxyl groups is 3. The second-order valence-corrected chi connectivity index (χ2v) is 4.90. The highest BCUT2D eigenvalue weighted by molar-refractivity contribution is 5.85. The van der Waals surface area contributed by atoms with E-state index in [9.17, 15) is 34.5 Å². The van der Waals surface area contributed by atoms with Crippen molar-refractivity contribution in [3.05, 3.63) is 50.6 Å². The highest BCUT2D eigenvalue weighted by Crippen LogP contribution is 2.41. The van der Waals surface area contributed by atoms with Crippen molar-refractivity contribution in [2.75, 3.05) is 13.2 Å². The highest BCUT2D eigenvalue weighted by atomic mass is 16.9. The minimum atomic E-state index is -3.33. The summed E-state index contributed by atoms with van der Waals surface area (Å²) >= 11 is 0. The summed E-state index contributed by atoms with van der Waals surface area (Å²) in [5, 5.41) is 30.0. The first-order chi connectivity index (χ1) is 13.1. The van der Waals surface area contributed by atoms with Crippen LogP contribution in [0.5, 0.6) is 0 Å². The number of rotatable bonds is 12. The molecule has 0 aromatic heterocycles. The molecule has 0 aromatic carbocycles. The fourth-order valence-electron chi connectivity index (χ4n) is 1.71. The second-order valence-electron chi connectivity index (χ2n) is 4.90. The van der Waals surface area contributed by atoms with Gasteiger partial charge in [0.2, 0.25) is 6.29 Å². The zero-order chi connectivity index (χ0) is 22.0. The normalized spacial score (nSPS) is 12.0. The number of hydrogen-bond acceptors (Lipinski definition) is 11. The first kappa shape index (κ1) is 24.7. The van der Waals surface area contributed by atoms with Crippen molar-refractivity contribution >= 4 is 23.9 Å². The van der Waals surface area contributed by atoms with Crippen molar-refractivity contribution in [2.45, 2.75) is 12.3 Å². The molecule has 0 aromatic rings. The van der Waals surface area contributed by atoms with Gasteiger partial charge in [-0.25, -0.2) is 19.2 Å². The van der Waals surface area contributed by atoms with Crippen LogP contribution in [0.25, 0.3) is 0 Å². The predicted molar refractivity (Wildman–Crippen MR) is 90.5 cm³/mol. The minimum absolute atomic E-state index is 0.555. The zero-order valence-electron chi connectivity index (χ0n) is 14.7. The van der Waals surface area contributed by atoms with Crippen molar-refractivity contribution in [3.8, 4) is 0 Å². The number of carbonyl (C=O) groups is 4. The van der Waals surface area contributed by atoms with E-state index in [0.29, 0.717) is 24.3 Å². The molecule has 11 nitrogen and oxygen atoms in total. The average Bonchev–Trinajstić information content (AvgIpc) is 2.68. The maximum atomic E-state index is 11.8. The summed E-state index contributed by atoms with van der Waals surface area (Å²) in [6.07, 6.45) is -0.258. The van der Waals surface area contributed by atoms with E-state index < -0.39 is 54.8 Å². The van der Waals surface area contributed by atoms with E-state index in [1.165, 1.54) is 0 Å². The van der Waals surface area contributed by atoms with Crippen LogP contribution in [-0.4, -0.2) is 64.7 Å². The van der Waals surface area contributed by atoms with Gasteiger partial charge in [0.15, 0.2) is 5.41 Å². The van der Waals surface area contributed by atoms with Crippen LogP contribution in [0, 0.1) is 5.41 Å². The zero-order valence-corrected chi connectivity index (χ0v) is 14.7. The molecule has 11 heteroatoms. The van der Waals surface area contributed by atoms with Crippen molar-refractivity contribution in [1.29, 1.82) is 0 Å². The van der Waals surface area contributed by atoms with Gasteiger partial charge in [0, 0.05) is 24.3 Å². The Balaban J connectivity index is 6.75. The molecule has 0 aliphatic heterocycles. The van der Waals surface area contributed by atoms with Crippen LogP contribution in [0.1, 0.15) is 0 Å². The van der Waals surface area contributed by atoms with E-state index in [1.807, 2.05) is 0 Å². The van der Waals surface area contributed by atoms with Crippen LogP contribution in [-0.2, 0) is 38.1 Å². The van der Waals surface area contributed by atoms with E-state index in [0.717, 1.165) is 0 Å². The molecule has 1 unspecified atom stereocenters. The van der Waals surface area contributed by atoms with Gasteiger partial charge >= 0.3 is 29.9 Å². The Hall–Kier alpha value is -3.28. The Kier molecular flexibility index (Phi) is 9.51. The molecule has 1 atom stereocenters. The maximum Gasteiger partial charge on any atom is 0.441 e. The van der Waals surface area contributed by atoms with Crippen LogP contribution in [0.2, 0.25) is 0 Å². The second kappa shape index (κ2) is 10.8. The molecular formula is C17H20O11. The molecule has 0 aliphatic carbocycles. The van der Waals surface area contributed by atoms with Crippen molar-refractivity contribution in [3.63, 3.8) is 0 Å². The molecule has 0 radical (unpaired) electrons. The van der Waals surface area contributed by atoms with Crippen LogP contribution in [0.15, 0.2) is 50.6 Å². The Labute approximate surface area is 159 Å². The van der Waals surface area contributed by atoms with E-state index in [4.69, 9.17) is 14.2 Å². The maximum absolute atomic E-state index is 11.8. The van der Waals surface area contributed by atoms with Gasteiger partial charge in [-0.05, 0) is 0 Å². The topological polar surface area (TPSA) is 166 Å². The lowest BCUT2D eigenvalue weighted by molar-refractivity contribution is -0.412. The SMILES string of the molecule is C=CC(=O)OC(O)C(CO)(CO)C(OC(=O)C=C)(OC(=O)C=C)OC(=O)C=C. The first-order valence-electron chi connectivity index (χ1n) is 7.41. The summed E-state index contributed by atoms with van der Waals surface area (Å²) in [7, 11) is 0. The molecule has 3 N–H and O–H groups in total. The van der Waals surface area contributed by atoms with Gasteiger partial charge in [-0.3, -0.25) is 0 Å².